The first-order valence-electron chi connectivity index (χ1n) is 6.95. The minimum atomic E-state index is -0.831. The Morgan fingerprint density at radius 3 is 2.33 bits per heavy atom. The van der Waals surface area contributed by atoms with E-state index in [1.54, 1.807) is 0 Å². The van der Waals surface area contributed by atoms with E-state index in [4.69, 9.17) is 5.11 Å². The van der Waals surface area contributed by atoms with Crippen molar-refractivity contribution in [1.82, 2.24) is 5.32 Å². The quantitative estimate of drug-likeness (QED) is 0.766. The highest BCUT2D eigenvalue weighted by atomic mass is 16.4. The number of carbonyl (C=O) groups is 2. The number of hydrogen-bond donors (Lipinski definition) is 2. The van der Waals surface area contributed by atoms with Crippen LogP contribution >= 0.6 is 0 Å². The summed E-state index contributed by atoms with van der Waals surface area (Å²) in [4.78, 5) is 23.1. The Morgan fingerprint density at radius 1 is 1.17 bits per heavy atom. The second-order valence-electron chi connectivity index (χ2n) is 5.86. The van der Waals surface area contributed by atoms with Crippen LogP contribution in [-0.4, -0.2) is 23.0 Å². The number of carbonyl (C=O) groups excluding carboxylic acids is 1. The zero-order chi connectivity index (χ0) is 13.7. The molecular weight excluding hydrogens is 230 g/mol. The topological polar surface area (TPSA) is 66.4 Å². The molecule has 2 N–H and O–H groups in total. The van der Waals surface area contributed by atoms with Crippen LogP contribution in [0.4, 0.5) is 0 Å². The van der Waals surface area contributed by atoms with Gasteiger partial charge in [-0.3, -0.25) is 9.59 Å². The fourth-order valence-corrected chi connectivity index (χ4v) is 2.57. The lowest BCUT2D eigenvalue weighted by molar-refractivity contribution is -0.146. The zero-order valence-electron chi connectivity index (χ0n) is 11.6. The minimum absolute atomic E-state index is 0.0730. The molecule has 0 heterocycles. The number of carboxylic acids is 1. The van der Waals surface area contributed by atoms with Crippen LogP contribution in [0.15, 0.2) is 0 Å². The summed E-state index contributed by atoms with van der Waals surface area (Å²) in [5.74, 6) is -1.09. The van der Waals surface area contributed by atoms with Crippen LogP contribution in [0.2, 0.25) is 0 Å². The third-order valence-electron chi connectivity index (χ3n) is 3.74. The van der Waals surface area contributed by atoms with Crippen molar-refractivity contribution in [3.05, 3.63) is 0 Å². The Bertz CT molecular complexity index is 301. The first-order chi connectivity index (χ1) is 8.41. The van der Waals surface area contributed by atoms with Crippen molar-refractivity contribution in [2.45, 2.75) is 58.9 Å². The van der Waals surface area contributed by atoms with Gasteiger partial charge in [0.25, 0.3) is 0 Å². The van der Waals surface area contributed by atoms with Gasteiger partial charge in [-0.2, -0.15) is 0 Å². The molecule has 0 bridgehead atoms. The molecule has 0 aliphatic heterocycles. The van der Waals surface area contributed by atoms with E-state index < -0.39 is 11.9 Å². The first-order valence-corrected chi connectivity index (χ1v) is 6.95. The number of amides is 1. The lowest BCUT2D eigenvalue weighted by atomic mass is 9.94. The largest absolute Gasteiger partial charge is 0.481 e. The Morgan fingerprint density at radius 2 is 1.78 bits per heavy atom. The molecule has 1 aliphatic carbocycles. The normalized spacial score (nSPS) is 25.1. The Hall–Kier alpha value is -1.06. The molecule has 0 radical (unpaired) electrons. The second-order valence-corrected chi connectivity index (χ2v) is 5.86. The van der Waals surface area contributed by atoms with Gasteiger partial charge >= 0.3 is 5.97 Å². The van der Waals surface area contributed by atoms with Gasteiger partial charge in [0, 0.05) is 6.04 Å². The highest BCUT2D eigenvalue weighted by molar-refractivity contribution is 5.85. The molecular formula is C14H25NO3. The van der Waals surface area contributed by atoms with Crippen molar-refractivity contribution in [3.8, 4) is 0 Å². The molecule has 104 valence electrons. The van der Waals surface area contributed by atoms with E-state index in [1.165, 1.54) is 0 Å². The highest BCUT2D eigenvalue weighted by Gasteiger charge is 2.37. The summed E-state index contributed by atoms with van der Waals surface area (Å²) >= 11 is 0. The molecule has 3 unspecified atom stereocenters. The van der Waals surface area contributed by atoms with E-state index >= 15 is 0 Å². The number of carboxylic acid groups (broad SMARTS) is 1. The lowest BCUT2D eigenvalue weighted by Crippen LogP contribution is -2.40. The summed E-state index contributed by atoms with van der Waals surface area (Å²) in [6.07, 6.45) is 4.21. The average Bonchev–Trinajstić information content (AvgIpc) is 2.75. The van der Waals surface area contributed by atoms with Gasteiger partial charge in [0.2, 0.25) is 5.91 Å². The summed E-state index contributed by atoms with van der Waals surface area (Å²) in [5.41, 5.74) is 0. The molecule has 0 spiro atoms. The van der Waals surface area contributed by atoms with Crippen molar-refractivity contribution in [3.63, 3.8) is 0 Å². The van der Waals surface area contributed by atoms with Crippen molar-refractivity contribution in [2.75, 3.05) is 0 Å². The number of aliphatic carboxylic acids is 1. The Kier molecular flexibility index (Phi) is 5.63. The highest BCUT2D eigenvalue weighted by Crippen LogP contribution is 2.32. The van der Waals surface area contributed by atoms with Gasteiger partial charge in [-0.15, -0.1) is 0 Å². The van der Waals surface area contributed by atoms with Gasteiger partial charge in [-0.25, -0.2) is 0 Å². The number of nitrogens with one attached hydrogen (secondary N) is 1. The van der Waals surface area contributed by atoms with E-state index in [1.807, 2.05) is 6.92 Å². The van der Waals surface area contributed by atoms with Gasteiger partial charge in [0.05, 0.1) is 11.8 Å². The van der Waals surface area contributed by atoms with Gasteiger partial charge in [0.1, 0.15) is 0 Å². The van der Waals surface area contributed by atoms with Crippen molar-refractivity contribution in [1.29, 1.82) is 0 Å². The fraction of sp³-hybridized carbons (Fsp3) is 0.857. The monoisotopic (exact) mass is 255 g/mol. The van der Waals surface area contributed by atoms with Crippen LogP contribution < -0.4 is 5.32 Å². The molecule has 1 saturated carbocycles. The summed E-state index contributed by atoms with van der Waals surface area (Å²) in [6.45, 7) is 6.31. The van der Waals surface area contributed by atoms with Gasteiger partial charge in [0.15, 0.2) is 0 Å². The smallest absolute Gasteiger partial charge is 0.307 e. The lowest BCUT2D eigenvalue weighted by Gasteiger charge is -2.20. The Labute approximate surface area is 109 Å². The van der Waals surface area contributed by atoms with Crippen LogP contribution in [0.3, 0.4) is 0 Å². The predicted octanol–water partition coefficient (Wildman–Crippen LogP) is 2.43. The van der Waals surface area contributed by atoms with Crippen molar-refractivity contribution < 1.29 is 14.7 Å². The molecule has 0 aromatic carbocycles. The van der Waals surface area contributed by atoms with E-state index in [2.05, 4.69) is 19.2 Å². The van der Waals surface area contributed by atoms with E-state index in [0.29, 0.717) is 18.8 Å². The van der Waals surface area contributed by atoms with Gasteiger partial charge in [-0.1, -0.05) is 20.3 Å². The molecule has 4 heteroatoms. The molecule has 3 atom stereocenters. The molecule has 1 aliphatic rings. The molecule has 1 rings (SSSR count). The average molecular weight is 255 g/mol. The standard InChI is InChI=1S/C14H25NO3/c1-9(2)7-8-10(3)15-13(16)11-5-4-6-12(11)14(17)18/h9-12H,4-8H2,1-3H3,(H,15,16)(H,17,18). The van der Waals surface area contributed by atoms with Crippen molar-refractivity contribution in [2.24, 2.45) is 17.8 Å². The van der Waals surface area contributed by atoms with Crippen LogP contribution in [0.1, 0.15) is 52.9 Å². The molecule has 1 amide bonds. The molecule has 18 heavy (non-hydrogen) atoms. The predicted molar refractivity (Wildman–Crippen MR) is 70.1 cm³/mol. The first kappa shape index (κ1) is 15.0. The molecule has 1 fully saturated rings. The van der Waals surface area contributed by atoms with E-state index in [-0.39, 0.29) is 17.9 Å². The van der Waals surface area contributed by atoms with E-state index in [9.17, 15) is 9.59 Å². The number of rotatable bonds is 6. The summed E-state index contributed by atoms with van der Waals surface area (Å²) in [5, 5.41) is 12.0. The third-order valence-corrected chi connectivity index (χ3v) is 3.74. The summed E-state index contributed by atoms with van der Waals surface area (Å²) in [6, 6.07) is 0.134. The maximum atomic E-state index is 12.0. The maximum Gasteiger partial charge on any atom is 0.307 e. The van der Waals surface area contributed by atoms with Crippen LogP contribution in [-0.2, 0) is 9.59 Å². The summed E-state index contributed by atoms with van der Waals surface area (Å²) < 4.78 is 0. The van der Waals surface area contributed by atoms with Crippen LogP contribution in [0.25, 0.3) is 0 Å². The molecule has 0 aromatic rings. The molecule has 0 saturated heterocycles. The summed E-state index contributed by atoms with van der Waals surface area (Å²) in [7, 11) is 0. The number of hydrogen-bond acceptors (Lipinski definition) is 2. The van der Waals surface area contributed by atoms with Crippen LogP contribution in [0.5, 0.6) is 0 Å². The van der Waals surface area contributed by atoms with Gasteiger partial charge in [-0.05, 0) is 38.5 Å². The maximum absolute atomic E-state index is 12.0. The van der Waals surface area contributed by atoms with Crippen molar-refractivity contribution >= 4 is 11.9 Å². The Balaban J connectivity index is 2.42. The fourth-order valence-electron chi connectivity index (χ4n) is 2.57. The zero-order valence-corrected chi connectivity index (χ0v) is 11.6. The van der Waals surface area contributed by atoms with E-state index in [0.717, 1.165) is 19.3 Å². The minimum Gasteiger partial charge on any atom is -0.481 e. The molecule has 4 nitrogen and oxygen atoms in total. The molecule has 0 aromatic heterocycles. The SMILES string of the molecule is CC(C)CCC(C)NC(=O)C1CCCC1C(=O)O. The third kappa shape index (κ3) is 4.31. The van der Waals surface area contributed by atoms with Crippen LogP contribution in [0, 0.1) is 17.8 Å². The van der Waals surface area contributed by atoms with Gasteiger partial charge < -0.3 is 10.4 Å². The second kappa shape index (κ2) is 6.76.